The molecule has 1 aromatic heterocycles. The van der Waals surface area contributed by atoms with Gasteiger partial charge in [0.05, 0.1) is 12.4 Å². The van der Waals surface area contributed by atoms with Crippen LogP contribution in [0.15, 0.2) is 17.5 Å². The van der Waals surface area contributed by atoms with E-state index < -0.39 is 35.9 Å². The van der Waals surface area contributed by atoms with Crippen molar-refractivity contribution < 1.29 is 19.5 Å². The molecule has 0 saturated carbocycles. The van der Waals surface area contributed by atoms with E-state index in [1.165, 1.54) is 6.33 Å². The van der Waals surface area contributed by atoms with Crippen LogP contribution >= 0.6 is 0 Å². The Labute approximate surface area is 175 Å². The number of aliphatic carboxylic acids is 1. The van der Waals surface area contributed by atoms with Crippen LogP contribution in [0.2, 0.25) is 0 Å². The van der Waals surface area contributed by atoms with Crippen LogP contribution in [0.25, 0.3) is 0 Å². The summed E-state index contributed by atoms with van der Waals surface area (Å²) in [5.74, 6) is -2.65. The van der Waals surface area contributed by atoms with Crippen LogP contribution in [-0.4, -0.2) is 63.5 Å². The van der Waals surface area contributed by atoms with Gasteiger partial charge in [0.25, 0.3) is 0 Å². The molecule has 10 N–H and O–H groups in total. The van der Waals surface area contributed by atoms with Gasteiger partial charge in [-0.2, -0.15) is 0 Å². The topological polar surface area (TPSA) is 215 Å². The smallest absolute Gasteiger partial charge is 0.326 e. The first kappa shape index (κ1) is 24.9. The minimum absolute atomic E-state index is 0.0793. The minimum Gasteiger partial charge on any atom is -0.480 e. The number of H-pyrrole nitrogens is 1. The lowest BCUT2D eigenvalue weighted by Gasteiger charge is -2.25. The van der Waals surface area contributed by atoms with Crippen molar-refractivity contribution in [3.05, 3.63) is 18.2 Å². The lowest BCUT2D eigenvalue weighted by atomic mass is 9.98. The number of aliphatic imine (C=N–C) groups is 1. The zero-order valence-electron chi connectivity index (χ0n) is 17.3. The Morgan fingerprint density at radius 1 is 1.27 bits per heavy atom. The zero-order chi connectivity index (χ0) is 22.7. The van der Waals surface area contributed by atoms with E-state index in [4.69, 9.17) is 17.2 Å². The summed E-state index contributed by atoms with van der Waals surface area (Å²) in [6, 6.07) is -2.97. The predicted molar refractivity (Wildman–Crippen MR) is 111 cm³/mol. The summed E-state index contributed by atoms with van der Waals surface area (Å²) < 4.78 is 0. The molecule has 1 rings (SSSR count). The zero-order valence-corrected chi connectivity index (χ0v) is 17.3. The summed E-state index contributed by atoms with van der Waals surface area (Å²) >= 11 is 0. The highest BCUT2D eigenvalue weighted by Gasteiger charge is 2.30. The van der Waals surface area contributed by atoms with E-state index in [2.05, 4.69) is 25.6 Å². The van der Waals surface area contributed by atoms with E-state index in [1.54, 1.807) is 13.1 Å². The van der Waals surface area contributed by atoms with Crippen LogP contribution in [0.1, 0.15) is 38.8 Å². The largest absolute Gasteiger partial charge is 0.480 e. The number of guanidine groups is 1. The van der Waals surface area contributed by atoms with Gasteiger partial charge in [0.15, 0.2) is 5.96 Å². The summed E-state index contributed by atoms with van der Waals surface area (Å²) in [5, 5.41) is 14.5. The first-order valence-corrected chi connectivity index (χ1v) is 9.77. The number of nitrogens with zero attached hydrogens (tertiary/aromatic N) is 2. The van der Waals surface area contributed by atoms with Crippen molar-refractivity contribution in [2.45, 2.75) is 57.7 Å². The third-order valence-corrected chi connectivity index (χ3v) is 4.69. The Kier molecular flexibility index (Phi) is 10.3. The molecule has 12 nitrogen and oxygen atoms in total. The number of aromatic nitrogens is 2. The van der Waals surface area contributed by atoms with E-state index in [0.717, 1.165) is 0 Å². The molecule has 168 valence electrons. The van der Waals surface area contributed by atoms with E-state index in [0.29, 0.717) is 18.5 Å². The lowest BCUT2D eigenvalue weighted by Crippen LogP contribution is -2.55. The number of imidazole rings is 1. The van der Waals surface area contributed by atoms with E-state index >= 15 is 0 Å². The fourth-order valence-corrected chi connectivity index (χ4v) is 2.71. The maximum Gasteiger partial charge on any atom is 0.326 e. The number of amides is 2. The molecule has 0 spiro atoms. The second-order valence-electron chi connectivity index (χ2n) is 7.11. The molecule has 30 heavy (non-hydrogen) atoms. The first-order chi connectivity index (χ1) is 14.1. The molecular formula is C18H32N8O4. The van der Waals surface area contributed by atoms with Gasteiger partial charge in [-0.25, -0.2) is 9.78 Å². The molecule has 0 saturated heterocycles. The Bertz CT molecular complexity index is 718. The van der Waals surface area contributed by atoms with Gasteiger partial charge in [0, 0.05) is 24.9 Å². The van der Waals surface area contributed by atoms with Crippen LogP contribution in [-0.2, 0) is 20.8 Å². The highest BCUT2D eigenvalue weighted by Crippen LogP contribution is 2.09. The molecule has 4 atom stereocenters. The van der Waals surface area contributed by atoms with Crippen LogP contribution in [0, 0.1) is 5.92 Å². The van der Waals surface area contributed by atoms with E-state index in [-0.39, 0.29) is 31.3 Å². The molecule has 0 fully saturated rings. The van der Waals surface area contributed by atoms with Gasteiger partial charge < -0.3 is 37.9 Å². The Balaban J connectivity index is 2.83. The number of hydrogen-bond acceptors (Lipinski definition) is 6. The fourth-order valence-electron chi connectivity index (χ4n) is 2.71. The van der Waals surface area contributed by atoms with Gasteiger partial charge >= 0.3 is 5.97 Å². The van der Waals surface area contributed by atoms with Gasteiger partial charge in [-0.05, 0) is 18.8 Å². The maximum absolute atomic E-state index is 12.8. The number of nitrogens with one attached hydrogen (secondary N) is 3. The van der Waals surface area contributed by atoms with Gasteiger partial charge in [0.2, 0.25) is 11.8 Å². The maximum atomic E-state index is 12.8. The quantitative estimate of drug-likeness (QED) is 0.111. The second kappa shape index (κ2) is 12.4. The van der Waals surface area contributed by atoms with Crippen molar-refractivity contribution >= 4 is 23.7 Å². The molecule has 0 aliphatic heterocycles. The summed E-state index contributed by atoms with van der Waals surface area (Å²) in [5.41, 5.74) is 17.2. The SMILES string of the molecule is CC[C@H](C)[C@H](NC(=O)[C@H](CCCN=C(N)N)NC(=O)[C@@H](N)Cc1cnc[nH]1)C(=O)O. The third-order valence-electron chi connectivity index (χ3n) is 4.69. The van der Waals surface area contributed by atoms with Gasteiger partial charge in [-0.3, -0.25) is 14.6 Å². The van der Waals surface area contributed by atoms with Gasteiger partial charge in [-0.15, -0.1) is 0 Å². The average molecular weight is 425 g/mol. The van der Waals surface area contributed by atoms with Crippen LogP contribution in [0.3, 0.4) is 0 Å². The molecule has 0 aliphatic rings. The Morgan fingerprint density at radius 2 is 1.97 bits per heavy atom. The number of carboxylic acid groups (broad SMARTS) is 1. The molecule has 2 amide bonds. The number of aromatic amines is 1. The number of carboxylic acids is 1. The molecule has 1 heterocycles. The Morgan fingerprint density at radius 3 is 2.50 bits per heavy atom. The van der Waals surface area contributed by atoms with Crippen molar-refractivity contribution in [2.75, 3.05) is 6.54 Å². The number of carbonyl (C=O) groups is 3. The van der Waals surface area contributed by atoms with Crippen molar-refractivity contribution in [2.24, 2.45) is 28.1 Å². The summed E-state index contributed by atoms with van der Waals surface area (Å²) in [4.78, 5) is 47.3. The molecular weight excluding hydrogens is 392 g/mol. The fraction of sp³-hybridized carbons (Fsp3) is 0.611. The van der Waals surface area contributed by atoms with Crippen molar-refractivity contribution in [1.82, 2.24) is 20.6 Å². The van der Waals surface area contributed by atoms with Crippen LogP contribution in [0.4, 0.5) is 0 Å². The van der Waals surface area contributed by atoms with E-state index in [1.807, 2.05) is 6.92 Å². The lowest BCUT2D eigenvalue weighted by molar-refractivity contribution is -0.143. The minimum atomic E-state index is -1.14. The monoisotopic (exact) mass is 424 g/mol. The van der Waals surface area contributed by atoms with Crippen molar-refractivity contribution in [3.63, 3.8) is 0 Å². The van der Waals surface area contributed by atoms with E-state index in [9.17, 15) is 19.5 Å². The number of carbonyl (C=O) groups excluding carboxylic acids is 2. The summed E-state index contributed by atoms with van der Waals surface area (Å²) in [7, 11) is 0. The predicted octanol–water partition coefficient (Wildman–Crippen LogP) is -1.57. The highest BCUT2D eigenvalue weighted by molar-refractivity contribution is 5.91. The van der Waals surface area contributed by atoms with Crippen LogP contribution in [0.5, 0.6) is 0 Å². The van der Waals surface area contributed by atoms with Crippen molar-refractivity contribution in [3.8, 4) is 0 Å². The highest BCUT2D eigenvalue weighted by atomic mass is 16.4. The second-order valence-corrected chi connectivity index (χ2v) is 7.11. The first-order valence-electron chi connectivity index (χ1n) is 9.77. The normalized spacial score (nSPS) is 14.8. The molecule has 0 unspecified atom stereocenters. The van der Waals surface area contributed by atoms with Crippen molar-refractivity contribution in [1.29, 1.82) is 0 Å². The van der Waals surface area contributed by atoms with Gasteiger partial charge in [0.1, 0.15) is 12.1 Å². The number of hydrogen-bond donors (Lipinski definition) is 7. The average Bonchev–Trinajstić information content (AvgIpc) is 3.19. The van der Waals surface area contributed by atoms with Crippen LogP contribution < -0.4 is 27.8 Å². The number of rotatable bonds is 13. The third kappa shape index (κ3) is 8.47. The molecule has 0 bridgehead atoms. The van der Waals surface area contributed by atoms with Gasteiger partial charge in [-0.1, -0.05) is 20.3 Å². The molecule has 1 aromatic rings. The standard InChI is InChI=1S/C18H32N8O4/c1-3-10(2)14(17(29)30)26-16(28)13(5-4-6-23-18(20)21)25-15(27)12(19)7-11-8-22-9-24-11/h8-10,12-14H,3-7,19H2,1-2H3,(H,22,24)(H,25,27)(H,26,28)(H,29,30)(H4,20,21,23)/t10-,12-,13-,14-/m0/s1. The molecule has 12 heteroatoms. The number of nitrogens with two attached hydrogens (primary N) is 3. The summed E-state index contributed by atoms with van der Waals surface area (Å²) in [6.07, 6.45) is 4.40. The Hall–Kier alpha value is -3.15. The molecule has 0 radical (unpaired) electrons. The molecule has 0 aromatic carbocycles. The molecule has 0 aliphatic carbocycles. The summed E-state index contributed by atoms with van der Waals surface area (Å²) in [6.45, 7) is 3.82.